The van der Waals surface area contributed by atoms with Gasteiger partial charge in [0.25, 0.3) is 0 Å². The molecule has 336 valence electrons. The zero-order chi connectivity index (χ0) is 45.4. The zero-order valence-corrected chi connectivity index (χ0v) is 36.2. The van der Waals surface area contributed by atoms with Crippen LogP contribution in [0.5, 0.6) is 0 Å². The molecule has 0 spiro atoms. The van der Waals surface area contributed by atoms with E-state index in [-0.39, 0.29) is 56.4 Å². The highest BCUT2D eigenvalue weighted by molar-refractivity contribution is 5.98. The molecule has 1 heterocycles. The van der Waals surface area contributed by atoms with E-state index in [1.165, 1.54) is 5.56 Å². The van der Waals surface area contributed by atoms with Gasteiger partial charge < -0.3 is 48.8 Å². The fourth-order valence-corrected chi connectivity index (χ4v) is 8.06. The van der Waals surface area contributed by atoms with Crippen molar-refractivity contribution in [3.05, 3.63) is 107 Å². The van der Waals surface area contributed by atoms with Crippen LogP contribution < -0.4 is 43.8 Å². The number of amides is 6. The number of aromatic amines is 1. The number of hydrogen-bond donors (Lipinski definition) is 9. The molecule has 1 aliphatic rings. The number of nitrogens with zero attached hydrogens (tertiary/aromatic N) is 1. The predicted molar refractivity (Wildman–Crippen MR) is 243 cm³/mol. The van der Waals surface area contributed by atoms with Gasteiger partial charge in [-0.3, -0.25) is 33.8 Å². The number of H-pyrrole nitrogens is 1. The van der Waals surface area contributed by atoms with Crippen LogP contribution in [0.1, 0.15) is 92.9 Å². The highest BCUT2D eigenvalue weighted by Gasteiger charge is 2.44. The first-order valence-corrected chi connectivity index (χ1v) is 21.8. The Morgan fingerprint density at radius 1 is 0.778 bits per heavy atom. The molecule has 0 unspecified atom stereocenters. The van der Waals surface area contributed by atoms with Crippen LogP contribution in [0.4, 0.5) is 0 Å². The smallest absolute Gasteiger partial charge is 0.246 e. The Kier molecular flexibility index (Phi) is 17.2. The first-order chi connectivity index (χ1) is 30.3. The topological polar surface area (TPSA) is 269 Å². The molecule has 16 heteroatoms. The molecular formula is C47H62N10O6. The summed E-state index contributed by atoms with van der Waals surface area (Å²) in [7, 11) is 0. The molecule has 1 aliphatic carbocycles. The van der Waals surface area contributed by atoms with Crippen LogP contribution in [-0.2, 0) is 41.6 Å². The van der Waals surface area contributed by atoms with Crippen LogP contribution in [0.15, 0.2) is 90.1 Å². The number of hydrogen-bond acceptors (Lipinski definition) is 7. The third-order valence-electron chi connectivity index (χ3n) is 11.6. The Labute approximate surface area is 368 Å². The van der Waals surface area contributed by atoms with Crippen molar-refractivity contribution in [3.8, 4) is 0 Å². The van der Waals surface area contributed by atoms with Crippen LogP contribution >= 0.6 is 0 Å². The van der Waals surface area contributed by atoms with Gasteiger partial charge in [0.2, 0.25) is 35.4 Å². The lowest BCUT2D eigenvalue weighted by molar-refractivity contribution is -0.138. The second-order valence-corrected chi connectivity index (χ2v) is 16.5. The number of para-hydroxylation sites is 1. The van der Waals surface area contributed by atoms with Crippen LogP contribution in [0, 0.1) is 6.92 Å². The molecule has 4 aromatic rings. The Balaban J connectivity index is 1.41. The van der Waals surface area contributed by atoms with Crippen molar-refractivity contribution in [2.75, 3.05) is 13.1 Å². The first-order valence-electron chi connectivity index (χ1n) is 21.8. The van der Waals surface area contributed by atoms with Gasteiger partial charge in [-0.2, -0.15) is 0 Å². The fourth-order valence-electron chi connectivity index (χ4n) is 8.06. The molecule has 5 rings (SSSR count). The van der Waals surface area contributed by atoms with Gasteiger partial charge in [0.1, 0.15) is 23.7 Å². The first kappa shape index (κ1) is 47.3. The minimum absolute atomic E-state index is 0.0402. The minimum atomic E-state index is -1.27. The molecule has 3 atom stereocenters. The third-order valence-corrected chi connectivity index (χ3v) is 11.6. The maximum Gasteiger partial charge on any atom is 0.246 e. The summed E-state index contributed by atoms with van der Waals surface area (Å²) in [5, 5.41) is 15.1. The molecule has 6 amide bonds. The molecule has 1 fully saturated rings. The summed E-state index contributed by atoms with van der Waals surface area (Å²) >= 11 is 0. The number of aryl methyl sites for hydroxylation is 1. The standard InChI is InChI=1S/C47H62N10O6/c1-3-4-16-41(59)57-47(23-21-33(22-24-47)32-19-17-30(2)18-20-32)45(63)56-38(26-31-11-6-5-7-12-31)44(62)54-37(15-10-25-51-46(49)50)43(61)55-39(42(60)53-29-40(48)58)27-34-28-52-36-14-9-8-13-35(34)36/h5-9,11-14,17-20,28,33,37-39,52H,3-4,10,15-16,21-27,29H2,1-2H3,(H2,48,58)(H,53,60)(H,54,62)(H,55,61)(H,56,63)(H,57,59)(H4,49,50,51)/t33?,37-,38+,39-,47?/m0/s1. The summed E-state index contributed by atoms with van der Waals surface area (Å²) in [4.78, 5) is 89.2. The van der Waals surface area contributed by atoms with Gasteiger partial charge in [-0.25, -0.2) is 0 Å². The molecule has 0 saturated heterocycles. The second-order valence-electron chi connectivity index (χ2n) is 16.5. The van der Waals surface area contributed by atoms with Crippen LogP contribution in [0.3, 0.4) is 0 Å². The number of nitrogens with one attached hydrogen (secondary N) is 6. The number of aliphatic imine (C=N–C) groups is 1. The van der Waals surface area contributed by atoms with Crippen molar-refractivity contribution >= 4 is 52.3 Å². The number of nitrogens with two attached hydrogens (primary N) is 3. The van der Waals surface area contributed by atoms with Crippen LogP contribution in [-0.4, -0.2) is 83.1 Å². The molecule has 16 nitrogen and oxygen atoms in total. The van der Waals surface area contributed by atoms with Gasteiger partial charge in [0, 0.05) is 42.9 Å². The summed E-state index contributed by atoms with van der Waals surface area (Å²) in [6.07, 6.45) is 5.92. The number of guanidine groups is 1. The summed E-state index contributed by atoms with van der Waals surface area (Å²) in [6.45, 7) is 3.72. The van der Waals surface area contributed by atoms with Gasteiger partial charge in [-0.15, -0.1) is 0 Å². The van der Waals surface area contributed by atoms with Gasteiger partial charge in [-0.05, 0) is 80.5 Å². The van der Waals surface area contributed by atoms with Gasteiger partial charge in [0.05, 0.1) is 6.54 Å². The van der Waals surface area contributed by atoms with Crippen molar-refractivity contribution < 1.29 is 28.8 Å². The molecule has 1 saturated carbocycles. The average Bonchev–Trinajstić information content (AvgIpc) is 3.68. The van der Waals surface area contributed by atoms with Crippen molar-refractivity contribution in [2.45, 2.75) is 114 Å². The maximum absolute atomic E-state index is 14.7. The predicted octanol–water partition coefficient (Wildman–Crippen LogP) is 2.77. The third kappa shape index (κ3) is 13.9. The monoisotopic (exact) mass is 862 g/mol. The van der Waals surface area contributed by atoms with Crippen LogP contribution in [0.2, 0.25) is 0 Å². The van der Waals surface area contributed by atoms with E-state index in [2.05, 4.69) is 60.8 Å². The van der Waals surface area contributed by atoms with E-state index >= 15 is 0 Å². The Morgan fingerprint density at radius 2 is 1.43 bits per heavy atom. The number of aromatic nitrogens is 1. The molecule has 0 radical (unpaired) electrons. The van der Waals surface area contributed by atoms with Crippen molar-refractivity contribution in [3.63, 3.8) is 0 Å². The number of rotatable bonds is 22. The lowest BCUT2D eigenvalue weighted by Crippen LogP contribution is -2.64. The number of unbranched alkanes of at least 4 members (excludes halogenated alkanes) is 1. The van der Waals surface area contributed by atoms with Crippen molar-refractivity contribution in [1.29, 1.82) is 0 Å². The van der Waals surface area contributed by atoms with E-state index in [1.807, 2.05) is 68.4 Å². The Hall–Kier alpha value is -6.71. The SMILES string of the molecule is CCCCC(=O)NC1(C(=O)N[C@H](Cc2ccccc2)C(=O)N[C@@H](CCCN=C(N)N)C(=O)N[C@@H](Cc2c[nH]c3ccccc23)C(=O)NCC(N)=O)CCC(c2ccc(C)cc2)CC1. The molecule has 3 aromatic carbocycles. The summed E-state index contributed by atoms with van der Waals surface area (Å²) in [5.74, 6) is -3.42. The van der Waals surface area contributed by atoms with E-state index in [0.717, 1.165) is 34.0 Å². The van der Waals surface area contributed by atoms with Gasteiger partial charge in [-0.1, -0.05) is 91.7 Å². The highest BCUT2D eigenvalue weighted by Crippen LogP contribution is 2.38. The molecule has 12 N–H and O–H groups in total. The fraction of sp³-hybridized carbons (Fsp3) is 0.426. The largest absolute Gasteiger partial charge is 0.370 e. The van der Waals surface area contributed by atoms with E-state index in [0.29, 0.717) is 32.1 Å². The number of carbonyl (C=O) groups is 6. The summed E-state index contributed by atoms with van der Waals surface area (Å²) in [6, 6.07) is 21.4. The molecule has 1 aromatic heterocycles. The van der Waals surface area contributed by atoms with E-state index in [9.17, 15) is 28.8 Å². The Morgan fingerprint density at radius 3 is 2.11 bits per heavy atom. The summed E-state index contributed by atoms with van der Waals surface area (Å²) in [5.41, 5.74) is 19.8. The molecule has 63 heavy (non-hydrogen) atoms. The lowest BCUT2D eigenvalue weighted by atomic mass is 9.73. The summed E-state index contributed by atoms with van der Waals surface area (Å²) < 4.78 is 0. The Bertz CT molecular complexity index is 2210. The maximum atomic E-state index is 14.7. The van der Waals surface area contributed by atoms with Gasteiger partial charge >= 0.3 is 0 Å². The van der Waals surface area contributed by atoms with Crippen molar-refractivity contribution in [1.82, 2.24) is 31.6 Å². The quantitative estimate of drug-likeness (QED) is 0.0321. The second kappa shape index (κ2) is 22.9. The lowest BCUT2D eigenvalue weighted by Gasteiger charge is -2.40. The minimum Gasteiger partial charge on any atom is -0.370 e. The van der Waals surface area contributed by atoms with Crippen LogP contribution in [0.25, 0.3) is 10.9 Å². The zero-order valence-electron chi connectivity index (χ0n) is 36.2. The highest BCUT2D eigenvalue weighted by atomic mass is 16.2. The molecule has 0 aliphatic heterocycles. The number of fused-ring (bicyclic) bond motifs is 1. The molecular weight excluding hydrogens is 801 g/mol. The van der Waals surface area contributed by atoms with Crippen molar-refractivity contribution in [2.24, 2.45) is 22.2 Å². The van der Waals surface area contributed by atoms with E-state index < -0.39 is 59.7 Å². The number of primary amides is 1. The number of benzene rings is 3. The number of carbonyl (C=O) groups excluding carboxylic acids is 6. The van der Waals surface area contributed by atoms with Gasteiger partial charge in [0.15, 0.2) is 5.96 Å². The van der Waals surface area contributed by atoms with E-state index in [4.69, 9.17) is 17.2 Å². The van der Waals surface area contributed by atoms with E-state index in [1.54, 1.807) is 6.20 Å². The molecule has 0 bridgehead atoms. The average molecular weight is 863 g/mol. The normalized spacial score (nSPS) is 17.3.